The van der Waals surface area contributed by atoms with Crippen molar-refractivity contribution in [2.75, 3.05) is 24.4 Å². The summed E-state index contributed by atoms with van der Waals surface area (Å²) in [7, 11) is 1.50. The number of amides is 2. The fraction of sp³-hybridized carbons (Fsp3) is 0.0909. The van der Waals surface area contributed by atoms with E-state index in [0.29, 0.717) is 32.8 Å². The van der Waals surface area contributed by atoms with Gasteiger partial charge in [-0.2, -0.15) is 5.10 Å². The van der Waals surface area contributed by atoms with Crippen LogP contribution in [0.4, 0.5) is 16.5 Å². The lowest BCUT2D eigenvalue weighted by molar-refractivity contribution is -0.118. The number of carbonyl (C=O) groups is 2. The zero-order valence-corrected chi connectivity index (χ0v) is 26.2. The molecule has 2 amide bonds. The number of anilines is 3. The van der Waals surface area contributed by atoms with E-state index in [0.717, 1.165) is 27.6 Å². The highest BCUT2D eigenvalue weighted by atomic mass is 79.9. The molecule has 0 spiro atoms. The first-order valence-electron chi connectivity index (χ1n) is 13.5. The van der Waals surface area contributed by atoms with Gasteiger partial charge in [-0.05, 0) is 76.9 Å². The van der Waals surface area contributed by atoms with Crippen LogP contribution in [0.25, 0.3) is 11.3 Å². The third-order valence-electron chi connectivity index (χ3n) is 6.29. The Labute approximate surface area is 267 Å². The van der Waals surface area contributed by atoms with Gasteiger partial charge in [0.15, 0.2) is 23.2 Å². The van der Waals surface area contributed by atoms with E-state index in [2.05, 4.69) is 42.1 Å². The highest BCUT2D eigenvalue weighted by molar-refractivity contribution is 9.10. The van der Waals surface area contributed by atoms with E-state index in [1.807, 2.05) is 79.0 Å². The standard InChI is InChI=1S/C33H28BrN5O4S/c1-21-8-14-26(15-9-21)36-30(40)19-43-31-27(34)16-22(17-29(31)42-2)18-35-39-32(41)24-12-10-23(11-13-24)28-20-44-33(38-28)37-25-6-4-3-5-7-25/h3-18,20H,19H2,1-2H3,(H,36,40)(H,37,38)(H,39,41)/b35-18+. The van der Waals surface area contributed by atoms with Crippen molar-refractivity contribution in [1.29, 1.82) is 0 Å². The molecule has 5 rings (SSSR count). The molecule has 1 heterocycles. The zero-order chi connectivity index (χ0) is 30.9. The van der Waals surface area contributed by atoms with Crippen LogP contribution in [0.3, 0.4) is 0 Å². The molecule has 0 radical (unpaired) electrons. The number of aromatic nitrogens is 1. The topological polar surface area (TPSA) is 114 Å². The van der Waals surface area contributed by atoms with Crippen molar-refractivity contribution in [3.05, 3.63) is 118 Å². The molecule has 9 nitrogen and oxygen atoms in total. The average molecular weight is 671 g/mol. The van der Waals surface area contributed by atoms with E-state index in [9.17, 15) is 9.59 Å². The second-order valence-electron chi connectivity index (χ2n) is 9.54. The second kappa shape index (κ2) is 14.5. The van der Waals surface area contributed by atoms with Gasteiger partial charge in [-0.15, -0.1) is 11.3 Å². The maximum absolute atomic E-state index is 12.7. The van der Waals surface area contributed by atoms with Crippen molar-refractivity contribution >= 4 is 61.8 Å². The Morgan fingerprint density at radius 2 is 1.73 bits per heavy atom. The van der Waals surface area contributed by atoms with Gasteiger partial charge < -0.3 is 20.1 Å². The lowest BCUT2D eigenvalue weighted by Crippen LogP contribution is -2.20. The number of benzene rings is 4. The highest BCUT2D eigenvalue weighted by Gasteiger charge is 2.14. The van der Waals surface area contributed by atoms with Crippen molar-refractivity contribution in [2.45, 2.75) is 6.92 Å². The predicted molar refractivity (Wildman–Crippen MR) is 178 cm³/mol. The summed E-state index contributed by atoms with van der Waals surface area (Å²) in [5, 5.41) is 12.9. The van der Waals surface area contributed by atoms with E-state index < -0.39 is 0 Å². The Hall–Kier alpha value is -5.00. The molecule has 0 fully saturated rings. The third kappa shape index (κ3) is 8.09. The first kappa shape index (κ1) is 30.5. The molecule has 0 saturated carbocycles. The quantitative estimate of drug-likeness (QED) is 0.0997. The number of nitrogens with zero attached hydrogens (tertiary/aromatic N) is 2. The van der Waals surface area contributed by atoms with Crippen molar-refractivity contribution in [3.63, 3.8) is 0 Å². The highest BCUT2D eigenvalue weighted by Crippen LogP contribution is 2.36. The number of hydrogen-bond donors (Lipinski definition) is 3. The predicted octanol–water partition coefficient (Wildman–Crippen LogP) is 7.41. The lowest BCUT2D eigenvalue weighted by atomic mass is 10.1. The molecule has 1 aromatic heterocycles. The van der Waals surface area contributed by atoms with Gasteiger partial charge in [0, 0.05) is 27.9 Å². The van der Waals surface area contributed by atoms with Crippen LogP contribution in [-0.2, 0) is 4.79 Å². The van der Waals surface area contributed by atoms with Crippen LogP contribution in [0.15, 0.2) is 106 Å². The van der Waals surface area contributed by atoms with Gasteiger partial charge in [0.05, 0.1) is 23.5 Å². The summed E-state index contributed by atoms with van der Waals surface area (Å²) >= 11 is 4.98. The minimum absolute atomic E-state index is 0.209. The minimum atomic E-state index is -0.358. The Morgan fingerprint density at radius 1 is 0.977 bits per heavy atom. The van der Waals surface area contributed by atoms with Crippen molar-refractivity contribution in [3.8, 4) is 22.8 Å². The van der Waals surface area contributed by atoms with Gasteiger partial charge in [0.2, 0.25) is 0 Å². The van der Waals surface area contributed by atoms with Gasteiger partial charge in [0.25, 0.3) is 11.8 Å². The second-order valence-corrected chi connectivity index (χ2v) is 11.3. The SMILES string of the molecule is COc1cc(/C=N/NC(=O)c2ccc(-c3csc(Nc4ccccc4)n3)cc2)cc(Br)c1OCC(=O)Nc1ccc(C)cc1. The number of hydrogen-bond acceptors (Lipinski definition) is 8. The van der Waals surface area contributed by atoms with E-state index in [1.54, 1.807) is 24.3 Å². The first-order valence-corrected chi connectivity index (χ1v) is 15.1. The van der Waals surface area contributed by atoms with Crippen LogP contribution in [0, 0.1) is 6.92 Å². The van der Waals surface area contributed by atoms with Gasteiger partial charge in [-0.1, -0.05) is 48.0 Å². The lowest BCUT2D eigenvalue weighted by Gasteiger charge is -2.13. The monoisotopic (exact) mass is 669 g/mol. The van der Waals surface area contributed by atoms with Gasteiger partial charge in [-0.3, -0.25) is 9.59 Å². The Balaban J connectivity index is 1.15. The summed E-state index contributed by atoms with van der Waals surface area (Å²) in [6.07, 6.45) is 1.49. The van der Waals surface area contributed by atoms with Gasteiger partial charge >= 0.3 is 0 Å². The van der Waals surface area contributed by atoms with Crippen LogP contribution >= 0.6 is 27.3 Å². The molecule has 222 valence electrons. The number of methoxy groups -OCH3 is 1. The van der Waals surface area contributed by atoms with Gasteiger partial charge in [0.1, 0.15) is 0 Å². The minimum Gasteiger partial charge on any atom is -0.493 e. The average Bonchev–Trinajstić information content (AvgIpc) is 3.50. The van der Waals surface area contributed by atoms with E-state index in [4.69, 9.17) is 9.47 Å². The largest absolute Gasteiger partial charge is 0.493 e. The molecule has 0 aliphatic heterocycles. The van der Waals surface area contributed by atoms with E-state index >= 15 is 0 Å². The summed E-state index contributed by atoms with van der Waals surface area (Å²) in [6, 6.07) is 27.9. The summed E-state index contributed by atoms with van der Waals surface area (Å²) in [4.78, 5) is 29.7. The molecule has 5 aromatic rings. The number of hydrazone groups is 1. The zero-order valence-electron chi connectivity index (χ0n) is 23.8. The first-order chi connectivity index (χ1) is 21.4. The maximum atomic E-state index is 12.7. The number of carbonyl (C=O) groups excluding carboxylic acids is 2. The number of aryl methyl sites for hydroxylation is 1. The maximum Gasteiger partial charge on any atom is 0.271 e. The molecule has 0 saturated heterocycles. The van der Waals surface area contributed by atoms with Crippen molar-refractivity contribution in [1.82, 2.24) is 10.4 Å². The van der Waals surface area contributed by atoms with Crippen LogP contribution in [0.5, 0.6) is 11.5 Å². The smallest absolute Gasteiger partial charge is 0.271 e. The molecule has 0 atom stereocenters. The number of ether oxygens (including phenoxy) is 2. The van der Waals surface area contributed by atoms with Crippen LogP contribution in [0.1, 0.15) is 21.5 Å². The Kier molecular flexibility index (Phi) is 10.0. The summed E-state index contributed by atoms with van der Waals surface area (Å²) in [5.74, 6) is 0.106. The number of nitrogens with one attached hydrogen (secondary N) is 3. The molecule has 0 unspecified atom stereocenters. The molecule has 4 aromatic carbocycles. The number of para-hydroxylation sites is 1. The molecule has 3 N–H and O–H groups in total. The number of thiazole rings is 1. The molecule has 44 heavy (non-hydrogen) atoms. The molecule has 0 bridgehead atoms. The third-order valence-corrected chi connectivity index (χ3v) is 7.63. The normalized spacial score (nSPS) is 10.8. The van der Waals surface area contributed by atoms with E-state index in [-0.39, 0.29) is 18.4 Å². The molecular weight excluding hydrogens is 642 g/mol. The molecule has 0 aliphatic rings. The number of rotatable bonds is 11. The fourth-order valence-corrected chi connectivity index (χ4v) is 5.37. The van der Waals surface area contributed by atoms with Crippen LogP contribution < -0.4 is 25.5 Å². The summed E-state index contributed by atoms with van der Waals surface area (Å²) in [6.45, 7) is 1.77. The Bertz CT molecular complexity index is 1770. The molecule has 11 heteroatoms. The van der Waals surface area contributed by atoms with Crippen LogP contribution in [0.2, 0.25) is 0 Å². The van der Waals surface area contributed by atoms with Gasteiger partial charge in [-0.25, -0.2) is 10.4 Å². The molecule has 0 aliphatic carbocycles. The molecular formula is C33H28BrN5O4S. The van der Waals surface area contributed by atoms with Crippen molar-refractivity contribution in [2.24, 2.45) is 5.10 Å². The Morgan fingerprint density at radius 3 is 2.45 bits per heavy atom. The fourth-order valence-electron chi connectivity index (χ4n) is 4.06. The number of halogens is 1. The van der Waals surface area contributed by atoms with Crippen LogP contribution in [-0.4, -0.2) is 36.7 Å². The van der Waals surface area contributed by atoms with Crippen molar-refractivity contribution < 1.29 is 19.1 Å². The summed E-state index contributed by atoms with van der Waals surface area (Å²) < 4.78 is 11.8. The van der Waals surface area contributed by atoms with E-state index in [1.165, 1.54) is 24.7 Å². The summed E-state index contributed by atoms with van der Waals surface area (Å²) in [5.41, 5.74) is 8.11.